The summed E-state index contributed by atoms with van der Waals surface area (Å²) < 4.78 is 10.9. The highest BCUT2D eigenvalue weighted by atomic mass is 32.2. The van der Waals surface area contributed by atoms with Gasteiger partial charge in [-0.2, -0.15) is 5.26 Å². The maximum absolute atomic E-state index is 10.2. The number of hydrogen-bond acceptors (Lipinski definition) is 9. The van der Waals surface area contributed by atoms with E-state index in [0.29, 0.717) is 16.4 Å². The first-order chi connectivity index (χ1) is 12.5. The van der Waals surface area contributed by atoms with E-state index in [2.05, 4.69) is 11.4 Å². The summed E-state index contributed by atoms with van der Waals surface area (Å²) in [6.45, 7) is 1.32. The average molecular weight is 380 g/mol. The Kier molecular flexibility index (Phi) is 5.72. The lowest BCUT2D eigenvalue weighted by atomic mass is 9.95. The van der Waals surface area contributed by atoms with Gasteiger partial charge in [0.15, 0.2) is 0 Å². The first kappa shape index (κ1) is 19.0. The molecule has 0 amide bonds. The van der Waals surface area contributed by atoms with Gasteiger partial charge in [-0.3, -0.25) is 0 Å². The summed E-state index contributed by atoms with van der Waals surface area (Å²) in [5.41, 5.74) is 0.199. The summed E-state index contributed by atoms with van der Waals surface area (Å²) in [5.74, 6) is 0.220. The second kappa shape index (κ2) is 7.84. The summed E-state index contributed by atoms with van der Waals surface area (Å²) in [6.07, 6.45) is -1.90. The molecule has 0 aromatic carbocycles. The number of nitrogens with one attached hydrogen (secondary N) is 1. The van der Waals surface area contributed by atoms with E-state index in [4.69, 9.17) is 9.15 Å². The van der Waals surface area contributed by atoms with Crippen molar-refractivity contribution in [3.05, 3.63) is 46.5 Å². The summed E-state index contributed by atoms with van der Waals surface area (Å²) in [6, 6.07) is 5.66. The van der Waals surface area contributed by atoms with Crippen LogP contribution < -0.4 is 5.32 Å². The van der Waals surface area contributed by atoms with Gasteiger partial charge in [-0.05, 0) is 25.1 Å². The van der Waals surface area contributed by atoms with E-state index in [1.54, 1.807) is 12.1 Å². The summed E-state index contributed by atoms with van der Waals surface area (Å²) in [4.78, 5) is 0. The zero-order chi connectivity index (χ0) is 18.8. The Morgan fingerprint density at radius 3 is 2.65 bits per heavy atom. The molecule has 0 saturated carbocycles. The Labute approximate surface area is 154 Å². The van der Waals surface area contributed by atoms with Crippen LogP contribution in [-0.2, 0) is 4.74 Å². The number of aliphatic hydroxyl groups excluding tert-OH is 4. The molecule has 1 aromatic rings. The van der Waals surface area contributed by atoms with Crippen molar-refractivity contribution >= 4 is 11.8 Å². The van der Waals surface area contributed by atoms with Gasteiger partial charge < -0.3 is 34.9 Å². The molecule has 140 valence electrons. The van der Waals surface area contributed by atoms with Gasteiger partial charge in [0.25, 0.3) is 0 Å². The zero-order valence-corrected chi connectivity index (χ0v) is 14.8. The van der Waals surface area contributed by atoms with E-state index < -0.39 is 36.5 Å². The molecule has 0 spiro atoms. The van der Waals surface area contributed by atoms with E-state index in [1.807, 2.05) is 13.0 Å². The first-order valence-corrected chi connectivity index (χ1v) is 8.94. The minimum Gasteiger partial charge on any atom is -0.468 e. The molecule has 3 heterocycles. The number of nitriles is 1. The molecule has 0 radical (unpaired) electrons. The molecule has 1 saturated heterocycles. The van der Waals surface area contributed by atoms with Crippen LogP contribution in [0.25, 0.3) is 0 Å². The fraction of sp³-hybridized carbons (Fsp3) is 0.471. The van der Waals surface area contributed by atoms with Gasteiger partial charge >= 0.3 is 0 Å². The van der Waals surface area contributed by atoms with Gasteiger partial charge in [-0.25, -0.2) is 0 Å². The number of thioether (sulfide) groups is 1. The molecule has 2 aliphatic heterocycles. The van der Waals surface area contributed by atoms with E-state index in [0.717, 1.165) is 17.5 Å². The fourth-order valence-electron chi connectivity index (χ4n) is 2.95. The Balaban J connectivity index is 1.88. The van der Waals surface area contributed by atoms with Crippen LogP contribution >= 0.6 is 11.8 Å². The van der Waals surface area contributed by atoms with Gasteiger partial charge in [0.05, 0.1) is 35.5 Å². The van der Waals surface area contributed by atoms with Crippen molar-refractivity contribution < 1.29 is 29.6 Å². The monoisotopic (exact) mass is 380 g/mol. The smallest absolute Gasteiger partial charge is 0.138 e. The largest absolute Gasteiger partial charge is 0.468 e. The molecule has 1 fully saturated rings. The summed E-state index contributed by atoms with van der Waals surface area (Å²) >= 11 is 1.02. The van der Waals surface area contributed by atoms with Gasteiger partial charge in [-0.15, -0.1) is 0 Å². The topological polar surface area (TPSA) is 139 Å². The minimum absolute atomic E-state index is 0.382. The highest BCUT2D eigenvalue weighted by molar-refractivity contribution is 8.03. The number of hydrogen-bond donors (Lipinski definition) is 5. The predicted molar refractivity (Wildman–Crippen MR) is 92.3 cm³/mol. The number of aliphatic hydroxyl groups is 4. The Hall–Kier alpha value is -1.80. The number of furan rings is 1. The molecule has 2 aliphatic rings. The third kappa shape index (κ3) is 3.53. The number of ether oxygens (including phenoxy) is 1. The van der Waals surface area contributed by atoms with E-state index in [-0.39, 0.29) is 5.92 Å². The van der Waals surface area contributed by atoms with Gasteiger partial charge in [0.1, 0.15) is 35.6 Å². The van der Waals surface area contributed by atoms with Crippen LogP contribution in [0.1, 0.15) is 18.6 Å². The van der Waals surface area contributed by atoms with Crippen molar-refractivity contribution in [3.63, 3.8) is 0 Å². The van der Waals surface area contributed by atoms with Crippen molar-refractivity contribution in [2.75, 3.05) is 6.61 Å². The van der Waals surface area contributed by atoms with Crippen molar-refractivity contribution in [3.8, 4) is 6.07 Å². The highest BCUT2D eigenvalue weighted by Gasteiger charge is 2.44. The standard InChI is InChI=1S/C17H20N2O6S/c1-8-5-9(11-3-2-4-24-11)10(6-18)16(19-8)26-17-15(23)14(22)13(21)12(7-20)25-17/h2-5,9,12-15,17,19-23H,7H2,1H3/t9?,12-,13+,14+,15-,17+/m1/s1. The van der Waals surface area contributed by atoms with E-state index in [9.17, 15) is 25.7 Å². The number of rotatable bonds is 4. The normalized spacial score (nSPS) is 34.8. The maximum Gasteiger partial charge on any atom is 0.138 e. The van der Waals surface area contributed by atoms with Crippen LogP contribution in [0.2, 0.25) is 0 Å². The Morgan fingerprint density at radius 2 is 2.04 bits per heavy atom. The Bertz CT molecular complexity index is 739. The van der Waals surface area contributed by atoms with Crippen LogP contribution in [0.5, 0.6) is 0 Å². The van der Waals surface area contributed by atoms with Gasteiger partial charge in [0.2, 0.25) is 0 Å². The average Bonchev–Trinajstić information content (AvgIpc) is 3.16. The molecule has 6 atom stereocenters. The van der Waals surface area contributed by atoms with Crippen LogP contribution in [0, 0.1) is 11.3 Å². The Morgan fingerprint density at radius 1 is 1.27 bits per heavy atom. The molecule has 3 rings (SSSR count). The van der Waals surface area contributed by atoms with Crippen molar-refractivity contribution in [2.45, 2.75) is 42.7 Å². The number of allylic oxidation sites excluding steroid dienone is 3. The quantitative estimate of drug-likeness (QED) is 0.493. The lowest BCUT2D eigenvalue weighted by molar-refractivity contribution is -0.205. The molecule has 0 aliphatic carbocycles. The lowest BCUT2D eigenvalue weighted by Crippen LogP contribution is -2.57. The molecular weight excluding hydrogens is 360 g/mol. The van der Waals surface area contributed by atoms with E-state index in [1.165, 1.54) is 6.26 Å². The zero-order valence-electron chi connectivity index (χ0n) is 13.9. The van der Waals surface area contributed by atoms with E-state index >= 15 is 0 Å². The molecular formula is C17H20N2O6S. The van der Waals surface area contributed by atoms with Crippen molar-refractivity contribution in [2.24, 2.45) is 0 Å². The van der Waals surface area contributed by atoms with Crippen LogP contribution in [-0.4, -0.2) is 56.9 Å². The SMILES string of the molecule is CC1=CC(c2ccco2)C(C#N)=C(S[C@@H]2O[C@H](CO)[C@H](O)[C@H](O)[C@H]2O)N1. The molecule has 1 unspecified atom stereocenters. The molecule has 1 aromatic heterocycles. The third-order valence-corrected chi connectivity index (χ3v) is 5.52. The number of nitrogens with zero attached hydrogens (tertiary/aromatic N) is 1. The third-order valence-electron chi connectivity index (χ3n) is 4.34. The highest BCUT2D eigenvalue weighted by Crippen LogP contribution is 2.39. The van der Waals surface area contributed by atoms with Crippen LogP contribution in [0.4, 0.5) is 0 Å². The first-order valence-electron chi connectivity index (χ1n) is 8.06. The molecule has 0 bridgehead atoms. The molecule has 8 nitrogen and oxygen atoms in total. The van der Waals surface area contributed by atoms with Crippen LogP contribution in [0.15, 0.2) is 45.2 Å². The van der Waals surface area contributed by atoms with Crippen LogP contribution in [0.3, 0.4) is 0 Å². The van der Waals surface area contributed by atoms with Crippen molar-refractivity contribution in [1.29, 1.82) is 5.26 Å². The summed E-state index contributed by atoms with van der Waals surface area (Å²) in [5, 5.41) is 52.5. The fourth-order valence-corrected chi connectivity index (χ4v) is 4.20. The minimum atomic E-state index is -1.47. The second-order valence-electron chi connectivity index (χ2n) is 6.14. The van der Waals surface area contributed by atoms with Crippen molar-refractivity contribution in [1.82, 2.24) is 5.32 Å². The van der Waals surface area contributed by atoms with Gasteiger partial charge in [0, 0.05) is 5.70 Å². The lowest BCUT2D eigenvalue weighted by Gasteiger charge is -2.40. The summed E-state index contributed by atoms with van der Waals surface area (Å²) in [7, 11) is 0. The predicted octanol–water partition coefficient (Wildman–Crippen LogP) is 0.138. The molecule has 26 heavy (non-hydrogen) atoms. The second-order valence-corrected chi connectivity index (χ2v) is 7.25. The maximum atomic E-state index is 10.2. The van der Waals surface area contributed by atoms with Gasteiger partial charge in [-0.1, -0.05) is 11.8 Å². The number of dihydropyridines is 1. The molecule has 9 heteroatoms. The molecule has 5 N–H and O–H groups in total.